The highest BCUT2D eigenvalue weighted by molar-refractivity contribution is 7.80. The number of rotatable bonds is 10. The van der Waals surface area contributed by atoms with Crippen LogP contribution in [0.2, 0.25) is 0 Å². The van der Waals surface area contributed by atoms with E-state index in [0.29, 0.717) is 29.6 Å². The lowest BCUT2D eigenvalue weighted by Gasteiger charge is -2.18. The molecule has 0 aliphatic rings. The van der Waals surface area contributed by atoms with Crippen molar-refractivity contribution in [2.24, 2.45) is 5.92 Å². The molecule has 0 radical (unpaired) electrons. The van der Waals surface area contributed by atoms with E-state index >= 15 is 0 Å². The van der Waals surface area contributed by atoms with Crippen molar-refractivity contribution in [1.29, 1.82) is 0 Å². The van der Waals surface area contributed by atoms with E-state index in [1.165, 1.54) is 13.2 Å². The fraction of sp³-hybridized carbons (Fsp3) is 0.304. The first-order valence-electron chi connectivity index (χ1n) is 11.1. The number of hydrogen-bond donors (Lipinski definition) is 4. The van der Waals surface area contributed by atoms with Gasteiger partial charge in [-0.25, -0.2) is 14.2 Å². The lowest BCUT2D eigenvalue weighted by Crippen LogP contribution is -2.22. The average Bonchev–Trinajstić information content (AvgIpc) is 2.82. The molecule has 37 heavy (non-hydrogen) atoms. The summed E-state index contributed by atoms with van der Waals surface area (Å²) in [7, 11) is 1.33. The van der Waals surface area contributed by atoms with Gasteiger partial charge in [0.2, 0.25) is 11.9 Å². The summed E-state index contributed by atoms with van der Waals surface area (Å²) in [5.74, 6) is -0.356. The average molecular weight is 538 g/mol. The van der Waals surface area contributed by atoms with Gasteiger partial charge in [-0.3, -0.25) is 13.7 Å². The van der Waals surface area contributed by atoms with Crippen molar-refractivity contribution in [1.82, 2.24) is 15.0 Å². The van der Waals surface area contributed by atoms with Crippen LogP contribution in [0.3, 0.4) is 0 Å². The largest absolute Gasteiger partial charge is 0.421 e. The Labute approximate surface area is 214 Å². The third-order valence-corrected chi connectivity index (χ3v) is 5.60. The molecule has 14 heteroatoms. The third-order valence-electron chi connectivity index (χ3n) is 4.96. The maximum Gasteiger partial charge on any atom is 0.421 e. The zero-order valence-corrected chi connectivity index (χ0v) is 21.0. The second-order valence-corrected chi connectivity index (χ2v) is 9.38. The Hall–Kier alpha value is -3.78. The van der Waals surface area contributed by atoms with Gasteiger partial charge >= 0.3 is 6.18 Å². The number of carbonyl (C=O) groups excluding carboxylic acids is 1. The lowest BCUT2D eigenvalue weighted by atomic mass is 10.1. The number of alkyl halides is 3. The summed E-state index contributed by atoms with van der Waals surface area (Å²) in [6.07, 6.45) is -2.28. The molecule has 0 saturated heterocycles. The molecule has 0 aliphatic heterocycles. The molecule has 2 aromatic heterocycles. The standard InChI is InChI=1S/C23H26F3N7O3S/c1-14(2)11-19(34)30-16-6-8-17(9-7-16)31-22-29-13-18(23(24,25)26)20(32-22)28-12-15-5-4-10-27-21(15)33(3)37(35)36/h4-10,13-14H,11-12H2,1-3H3,(H,30,34)(H,35,36)(H2,28,29,31,32). The molecule has 0 spiro atoms. The molecule has 3 aromatic rings. The molecule has 4 N–H and O–H groups in total. The van der Waals surface area contributed by atoms with Crippen molar-refractivity contribution in [2.75, 3.05) is 27.3 Å². The summed E-state index contributed by atoms with van der Waals surface area (Å²) in [5.41, 5.74) is 0.372. The van der Waals surface area contributed by atoms with Crippen LogP contribution in [0.4, 0.5) is 42.1 Å². The van der Waals surface area contributed by atoms with E-state index in [-0.39, 0.29) is 30.1 Å². The van der Waals surface area contributed by atoms with Crippen LogP contribution in [0.1, 0.15) is 31.4 Å². The van der Waals surface area contributed by atoms with Gasteiger partial charge in [-0.1, -0.05) is 19.9 Å². The minimum absolute atomic E-state index is 0.0907. The highest BCUT2D eigenvalue weighted by Gasteiger charge is 2.35. The van der Waals surface area contributed by atoms with Gasteiger partial charge in [-0.15, -0.1) is 0 Å². The summed E-state index contributed by atoms with van der Waals surface area (Å²) in [4.78, 5) is 23.7. The minimum atomic E-state index is -4.72. The number of benzene rings is 1. The number of aromatic nitrogens is 3. The summed E-state index contributed by atoms with van der Waals surface area (Å²) in [6, 6.07) is 9.68. The Morgan fingerprint density at radius 1 is 1.14 bits per heavy atom. The topological polar surface area (TPSA) is 132 Å². The van der Waals surface area contributed by atoms with Crippen LogP contribution in [0, 0.1) is 5.92 Å². The molecule has 0 bridgehead atoms. The highest BCUT2D eigenvalue weighted by Crippen LogP contribution is 2.34. The first kappa shape index (κ1) is 27.8. The quantitative estimate of drug-likeness (QED) is 0.271. The van der Waals surface area contributed by atoms with Crippen LogP contribution >= 0.6 is 0 Å². The number of pyridine rings is 1. The van der Waals surface area contributed by atoms with Crippen molar-refractivity contribution < 1.29 is 26.7 Å². The monoisotopic (exact) mass is 537 g/mol. The minimum Gasteiger partial charge on any atom is -0.365 e. The normalized spacial score (nSPS) is 12.2. The van der Waals surface area contributed by atoms with Gasteiger partial charge in [-0.05, 0) is 36.2 Å². The molecule has 1 amide bonds. The second kappa shape index (κ2) is 12.0. The van der Waals surface area contributed by atoms with Crippen LogP contribution in [-0.4, -0.2) is 36.7 Å². The molecule has 1 atom stereocenters. The van der Waals surface area contributed by atoms with Gasteiger partial charge in [0.25, 0.3) is 11.3 Å². The molecule has 0 fully saturated rings. The molecular weight excluding hydrogens is 511 g/mol. The van der Waals surface area contributed by atoms with E-state index in [1.54, 1.807) is 36.4 Å². The van der Waals surface area contributed by atoms with E-state index in [9.17, 15) is 26.7 Å². The number of halogens is 3. The zero-order valence-electron chi connectivity index (χ0n) is 20.2. The van der Waals surface area contributed by atoms with E-state index in [0.717, 1.165) is 4.31 Å². The van der Waals surface area contributed by atoms with Gasteiger partial charge in [0, 0.05) is 49.3 Å². The summed E-state index contributed by atoms with van der Waals surface area (Å²) >= 11 is -2.37. The number of amides is 1. The molecule has 2 heterocycles. The van der Waals surface area contributed by atoms with Crippen molar-refractivity contribution in [3.63, 3.8) is 0 Å². The molecule has 3 rings (SSSR count). The maximum atomic E-state index is 13.6. The molecule has 198 valence electrons. The van der Waals surface area contributed by atoms with Crippen molar-refractivity contribution >= 4 is 46.1 Å². The number of anilines is 5. The van der Waals surface area contributed by atoms with Crippen molar-refractivity contribution in [3.05, 3.63) is 59.9 Å². The second-order valence-electron chi connectivity index (χ2n) is 8.37. The van der Waals surface area contributed by atoms with Crippen LogP contribution < -0.4 is 20.3 Å². The van der Waals surface area contributed by atoms with Crippen LogP contribution in [0.25, 0.3) is 0 Å². The molecule has 0 aliphatic carbocycles. The molecule has 10 nitrogen and oxygen atoms in total. The Bertz CT molecular complexity index is 1260. The van der Waals surface area contributed by atoms with Crippen LogP contribution in [0.5, 0.6) is 0 Å². The fourth-order valence-electron chi connectivity index (χ4n) is 3.24. The van der Waals surface area contributed by atoms with Gasteiger partial charge in [0.05, 0.1) is 0 Å². The molecular formula is C23H26F3N7O3S. The molecule has 1 aromatic carbocycles. The van der Waals surface area contributed by atoms with Crippen molar-refractivity contribution in [3.8, 4) is 0 Å². The smallest absolute Gasteiger partial charge is 0.365 e. The Morgan fingerprint density at radius 3 is 2.43 bits per heavy atom. The predicted octanol–water partition coefficient (Wildman–Crippen LogP) is 4.80. The lowest BCUT2D eigenvalue weighted by molar-refractivity contribution is -0.137. The Balaban J connectivity index is 1.79. The SMILES string of the molecule is CC(C)CC(=O)Nc1ccc(Nc2ncc(C(F)(F)F)c(NCc3cccnc3N(C)S(=O)O)n2)cc1. The maximum absolute atomic E-state index is 13.6. The zero-order chi connectivity index (χ0) is 27.2. The highest BCUT2D eigenvalue weighted by atomic mass is 32.2. The van der Waals surface area contributed by atoms with Gasteiger partial charge in [0.1, 0.15) is 17.2 Å². The van der Waals surface area contributed by atoms with Gasteiger partial charge < -0.3 is 16.0 Å². The summed E-state index contributed by atoms with van der Waals surface area (Å²) in [6.45, 7) is 3.71. The van der Waals surface area contributed by atoms with E-state index in [4.69, 9.17) is 0 Å². The number of hydrogen-bond acceptors (Lipinski definition) is 7. The Morgan fingerprint density at radius 2 is 1.81 bits per heavy atom. The number of nitrogens with zero attached hydrogens (tertiary/aromatic N) is 4. The number of nitrogens with one attached hydrogen (secondary N) is 3. The fourth-order valence-corrected chi connectivity index (χ4v) is 3.55. The van der Waals surface area contributed by atoms with Gasteiger partial charge in [0.15, 0.2) is 0 Å². The van der Waals surface area contributed by atoms with E-state index < -0.39 is 28.8 Å². The van der Waals surface area contributed by atoms with E-state index in [1.807, 2.05) is 13.8 Å². The molecule has 0 saturated carbocycles. The predicted molar refractivity (Wildman–Crippen MR) is 136 cm³/mol. The summed E-state index contributed by atoms with van der Waals surface area (Å²) < 4.78 is 62.6. The van der Waals surface area contributed by atoms with Crippen molar-refractivity contribution in [2.45, 2.75) is 33.0 Å². The first-order chi connectivity index (χ1) is 17.4. The summed E-state index contributed by atoms with van der Waals surface area (Å²) in [5, 5.41) is 8.25. The first-order valence-corrected chi connectivity index (χ1v) is 12.1. The third kappa shape index (κ3) is 7.85. The van der Waals surface area contributed by atoms with Crippen LogP contribution in [-0.2, 0) is 28.8 Å². The molecule has 1 unspecified atom stereocenters. The van der Waals surface area contributed by atoms with E-state index in [2.05, 4.69) is 30.9 Å². The Kier molecular flexibility index (Phi) is 8.99. The van der Waals surface area contributed by atoms with Crippen LogP contribution in [0.15, 0.2) is 48.8 Å². The van der Waals surface area contributed by atoms with Gasteiger partial charge in [-0.2, -0.15) is 18.2 Å². The number of carbonyl (C=O) groups is 1.